The van der Waals surface area contributed by atoms with Crippen LogP contribution in [0.1, 0.15) is 11.1 Å². The number of aromatic nitrogens is 1. The van der Waals surface area contributed by atoms with Gasteiger partial charge in [0.15, 0.2) is 0 Å². The number of aryl methyl sites for hydroxylation is 1. The second-order valence-electron chi connectivity index (χ2n) is 2.14. The topological polar surface area (TPSA) is 38.9 Å². The molecule has 62 valence electrons. The van der Waals surface area contributed by atoms with Crippen LogP contribution in [0.25, 0.3) is 0 Å². The van der Waals surface area contributed by atoms with E-state index in [4.69, 9.17) is 17.3 Å². The summed E-state index contributed by atoms with van der Waals surface area (Å²) in [7, 11) is 0. The summed E-state index contributed by atoms with van der Waals surface area (Å²) in [5.74, 6) is 0. The molecule has 0 aliphatic rings. The molecule has 2 N–H and O–H groups in total. The van der Waals surface area contributed by atoms with E-state index in [1.54, 1.807) is 6.20 Å². The number of hydrogen-bond acceptors (Lipinski definition) is 2. The van der Waals surface area contributed by atoms with Crippen molar-refractivity contribution in [3.05, 3.63) is 28.5 Å². The smallest absolute Gasteiger partial charge is 0.129 e. The van der Waals surface area contributed by atoms with Crippen LogP contribution in [0.15, 0.2) is 12.3 Å². The first-order valence-corrected chi connectivity index (χ1v) is 3.43. The molecule has 0 amide bonds. The van der Waals surface area contributed by atoms with Gasteiger partial charge in [0.1, 0.15) is 5.15 Å². The summed E-state index contributed by atoms with van der Waals surface area (Å²) in [6.45, 7) is 2.49. The summed E-state index contributed by atoms with van der Waals surface area (Å²) in [4.78, 5) is 3.90. The molecular formula is C7H10Cl2N2. The molecule has 0 spiro atoms. The van der Waals surface area contributed by atoms with Crippen molar-refractivity contribution in [3.8, 4) is 0 Å². The minimum absolute atomic E-state index is 0. The van der Waals surface area contributed by atoms with Gasteiger partial charge < -0.3 is 5.73 Å². The SMILES string of the molecule is Cc1cc(Cl)ncc1CN.Cl. The maximum absolute atomic E-state index is 5.62. The van der Waals surface area contributed by atoms with Crippen LogP contribution in [0, 0.1) is 6.92 Å². The summed E-state index contributed by atoms with van der Waals surface area (Å²) < 4.78 is 0. The lowest BCUT2D eigenvalue weighted by Crippen LogP contribution is -1.99. The molecule has 0 saturated heterocycles. The lowest BCUT2D eigenvalue weighted by Gasteiger charge is -2.00. The van der Waals surface area contributed by atoms with Gasteiger partial charge in [0.05, 0.1) is 0 Å². The van der Waals surface area contributed by atoms with Crippen LogP contribution in [0.3, 0.4) is 0 Å². The van der Waals surface area contributed by atoms with Crippen LogP contribution < -0.4 is 5.73 Å². The molecule has 0 aromatic carbocycles. The van der Waals surface area contributed by atoms with Gasteiger partial charge >= 0.3 is 0 Å². The lowest BCUT2D eigenvalue weighted by atomic mass is 10.2. The van der Waals surface area contributed by atoms with Gasteiger partial charge in [0, 0.05) is 12.7 Å². The Kier molecular flexibility index (Phi) is 4.42. The number of hydrogen-bond donors (Lipinski definition) is 1. The van der Waals surface area contributed by atoms with Crippen molar-refractivity contribution in [2.24, 2.45) is 5.73 Å². The average Bonchev–Trinajstić information content (AvgIpc) is 1.88. The van der Waals surface area contributed by atoms with Gasteiger partial charge in [-0.15, -0.1) is 12.4 Å². The standard InChI is InChI=1S/C7H9ClN2.ClH/c1-5-2-7(8)10-4-6(5)3-9;/h2,4H,3,9H2,1H3;1H. The Morgan fingerprint density at radius 1 is 1.64 bits per heavy atom. The Balaban J connectivity index is 0.000001000. The highest BCUT2D eigenvalue weighted by Gasteiger charge is 1.95. The van der Waals surface area contributed by atoms with Crippen molar-refractivity contribution in [2.75, 3.05) is 0 Å². The van der Waals surface area contributed by atoms with Crippen molar-refractivity contribution < 1.29 is 0 Å². The molecule has 11 heavy (non-hydrogen) atoms. The van der Waals surface area contributed by atoms with Crippen LogP contribution in [0.2, 0.25) is 5.15 Å². The third-order valence-corrected chi connectivity index (χ3v) is 1.61. The first kappa shape index (κ1) is 10.7. The molecule has 2 nitrogen and oxygen atoms in total. The van der Waals surface area contributed by atoms with Gasteiger partial charge in [-0.3, -0.25) is 0 Å². The highest BCUT2D eigenvalue weighted by molar-refractivity contribution is 6.29. The van der Waals surface area contributed by atoms with Gasteiger partial charge in [-0.25, -0.2) is 4.98 Å². The van der Waals surface area contributed by atoms with Gasteiger partial charge in [-0.1, -0.05) is 11.6 Å². The van der Waals surface area contributed by atoms with E-state index in [-0.39, 0.29) is 12.4 Å². The molecule has 1 heterocycles. The minimum Gasteiger partial charge on any atom is -0.326 e. The maximum atomic E-state index is 5.62. The van der Waals surface area contributed by atoms with E-state index < -0.39 is 0 Å². The lowest BCUT2D eigenvalue weighted by molar-refractivity contribution is 1.02. The highest BCUT2D eigenvalue weighted by atomic mass is 35.5. The zero-order valence-corrected chi connectivity index (χ0v) is 7.75. The van der Waals surface area contributed by atoms with Gasteiger partial charge in [0.25, 0.3) is 0 Å². The molecule has 0 unspecified atom stereocenters. The average molecular weight is 193 g/mol. The third-order valence-electron chi connectivity index (χ3n) is 1.41. The Morgan fingerprint density at radius 2 is 2.27 bits per heavy atom. The van der Waals surface area contributed by atoms with Gasteiger partial charge in [-0.05, 0) is 24.1 Å². The molecule has 4 heteroatoms. The molecule has 0 aliphatic heterocycles. The summed E-state index contributed by atoms with van der Waals surface area (Å²) in [6.07, 6.45) is 1.71. The van der Waals surface area contributed by atoms with E-state index in [1.165, 1.54) is 0 Å². The predicted octanol–water partition coefficient (Wildman–Crippen LogP) is 1.92. The fourth-order valence-electron chi connectivity index (χ4n) is 0.764. The van der Waals surface area contributed by atoms with E-state index >= 15 is 0 Å². The Bertz CT molecular complexity index is 238. The van der Waals surface area contributed by atoms with E-state index in [2.05, 4.69) is 4.98 Å². The Labute approximate surface area is 77.2 Å². The van der Waals surface area contributed by atoms with E-state index in [9.17, 15) is 0 Å². The van der Waals surface area contributed by atoms with Gasteiger partial charge in [0.2, 0.25) is 0 Å². The maximum Gasteiger partial charge on any atom is 0.129 e. The number of halogens is 2. The zero-order chi connectivity index (χ0) is 7.56. The molecule has 0 atom stereocenters. The molecule has 0 saturated carbocycles. The van der Waals surface area contributed by atoms with Crippen LogP contribution in [-0.2, 0) is 6.54 Å². The van der Waals surface area contributed by atoms with Crippen molar-refractivity contribution in [1.82, 2.24) is 4.98 Å². The summed E-state index contributed by atoms with van der Waals surface area (Å²) >= 11 is 5.62. The number of nitrogens with two attached hydrogens (primary N) is 1. The number of rotatable bonds is 1. The summed E-state index contributed by atoms with van der Waals surface area (Å²) in [6, 6.07) is 1.81. The molecule has 1 aromatic rings. The van der Waals surface area contributed by atoms with Crippen LogP contribution >= 0.6 is 24.0 Å². The van der Waals surface area contributed by atoms with Crippen LogP contribution in [-0.4, -0.2) is 4.98 Å². The zero-order valence-electron chi connectivity index (χ0n) is 6.17. The predicted molar refractivity (Wildman–Crippen MR) is 49.1 cm³/mol. The van der Waals surface area contributed by atoms with Gasteiger partial charge in [-0.2, -0.15) is 0 Å². The van der Waals surface area contributed by atoms with Crippen molar-refractivity contribution in [2.45, 2.75) is 13.5 Å². The molecule has 1 rings (SSSR count). The van der Waals surface area contributed by atoms with E-state index in [0.29, 0.717) is 11.7 Å². The van der Waals surface area contributed by atoms with Crippen molar-refractivity contribution >= 4 is 24.0 Å². The summed E-state index contributed by atoms with van der Waals surface area (Å²) in [5, 5.41) is 0.523. The van der Waals surface area contributed by atoms with E-state index in [1.807, 2.05) is 13.0 Å². The monoisotopic (exact) mass is 192 g/mol. The normalized spacial score (nSPS) is 9.00. The first-order chi connectivity index (χ1) is 4.74. The third kappa shape index (κ3) is 2.66. The summed E-state index contributed by atoms with van der Waals surface area (Å²) in [5.41, 5.74) is 7.56. The van der Waals surface area contributed by atoms with Crippen molar-refractivity contribution in [1.29, 1.82) is 0 Å². The molecular weight excluding hydrogens is 183 g/mol. The highest BCUT2D eigenvalue weighted by Crippen LogP contribution is 2.10. The number of pyridine rings is 1. The molecule has 0 bridgehead atoms. The fourth-order valence-corrected chi connectivity index (χ4v) is 0.976. The largest absolute Gasteiger partial charge is 0.326 e. The Hall–Kier alpha value is -0.310. The fraction of sp³-hybridized carbons (Fsp3) is 0.286. The van der Waals surface area contributed by atoms with Crippen LogP contribution in [0.4, 0.5) is 0 Å². The minimum atomic E-state index is 0. The molecule has 0 aliphatic carbocycles. The first-order valence-electron chi connectivity index (χ1n) is 3.05. The number of nitrogens with zero attached hydrogens (tertiary/aromatic N) is 1. The molecule has 0 fully saturated rings. The Morgan fingerprint density at radius 3 is 2.73 bits per heavy atom. The van der Waals surface area contributed by atoms with Crippen LogP contribution in [0.5, 0.6) is 0 Å². The quantitative estimate of drug-likeness (QED) is 0.692. The second-order valence-corrected chi connectivity index (χ2v) is 2.52. The molecule has 0 radical (unpaired) electrons. The van der Waals surface area contributed by atoms with Crippen molar-refractivity contribution in [3.63, 3.8) is 0 Å². The van der Waals surface area contributed by atoms with E-state index in [0.717, 1.165) is 11.1 Å². The molecule has 1 aromatic heterocycles. The second kappa shape index (κ2) is 4.54.